The zero-order valence-electron chi connectivity index (χ0n) is 14.5. The molecule has 0 saturated heterocycles. The maximum absolute atomic E-state index is 12.6. The minimum atomic E-state index is -0.412. The van der Waals surface area contributed by atoms with Gasteiger partial charge in [0.25, 0.3) is 11.5 Å². The molecule has 0 aliphatic heterocycles. The van der Waals surface area contributed by atoms with Gasteiger partial charge in [0.1, 0.15) is 23.5 Å². The van der Waals surface area contributed by atoms with Crippen molar-refractivity contribution in [2.75, 3.05) is 20.3 Å². The van der Waals surface area contributed by atoms with Crippen molar-refractivity contribution >= 4 is 17.0 Å². The van der Waals surface area contributed by atoms with Crippen LogP contribution in [0.25, 0.3) is 11.1 Å². The summed E-state index contributed by atoms with van der Waals surface area (Å²) in [4.78, 5) is 31.0. The highest BCUT2D eigenvalue weighted by Crippen LogP contribution is 2.20. The number of aromatic nitrogens is 2. The Bertz CT molecular complexity index is 976. The fourth-order valence-electron chi connectivity index (χ4n) is 2.59. The van der Waals surface area contributed by atoms with E-state index in [0.29, 0.717) is 24.7 Å². The molecule has 1 aromatic carbocycles. The molecular formula is C18H19N3O5. The number of aromatic amines is 1. The van der Waals surface area contributed by atoms with E-state index in [1.807, 2.05) is 24.3 Å². The predicted octanol–water partition coefficient (Wildman–Crippen LogP) is 1.78. The summed E-state index contributed by atoms with van der Waals surface area (Å²) >= 11 is 0. The fraction of sp³-hybridized carbons (Fsp3) is 0.278. The van der Waals surface area contributed by atoms with Gasteiger partial charge >= 0.3 is 0 Å². The minimum absolute atomic E-state index is 0.143. The lowest BCUT2D eigenvalue weighted by atomic mass is 10.1. The standard InChI is InChI=1S/C18H19N3O5/c1-11-14(15-17(23)20-10-21-18(15)26-11)16(22)19-9-12-4-3-5-13(8-12)25-7-6-24-2/h3-5,8,10H,6-7,9H2,1-2H3,(H,19,22)(H,20,21,23). The quantitative estimate of drug-likeness (QED) is 0.624. The number of hydrogen-bond donors (Lipinski definition) is 2. The zero-order valence-corrected chi connectivity index (χ0v) is 14.5. The van der Waals surface area contributed by atoms with Crippen LogP contribution in [-0.2, 0) is 11.3 Å². The van der Waals surface area contributed by atoms with Gasteiger partial charge in [0.05, 0.1) is 18.5 Å². The van der Waals surface area contributed by atoms with Gasteiger partial charge in [-0.3, -0.25) is 9.59 Å². The van der Waals surface area contributed by atoms with Crippen LogP contribution in [0.1, 0.15) is 21.7 Å². The highest BCUT2D eigenvalue weighted by molar-refractivity contribution is 6.06. The SMILES string of the molecule is COCCOc1cccc(CNC(=O)c2c(C)oc3nc[nH]c(=O)c23)c1. The first-order valence-electron chi connectivity index (χ1n) is 8.06. The average Bonchev–Trinajstić information content (AvgIpc) is 2.98. The molecule has 0 aliphatic rings. The van der Waals surface area contributed by atoms with Crippen LogP contribution in [-0.4, -0.2) is 36.2 Å². The van der Waals surface area contributed by atoms with E-state index in [1.54, 1.807) is 14.0 Å². The number of amides is 1. The molecule has 0 fully saturated rings. The van der Waals surface area contributed by atoms with E-state index in [1.165, 1.54) is 6.33 Å². The molecule has 0 aliphatic carbocycles. The van der Waals surface area contributed by atoms with E-state index in [-0.39, 0.29) is 23.2 Å². The van der Waals surface area contributed by atoms with Gasteiger partial charge in [-0.05, 0) is 24.6 Å². The summed E-state index contributed by atoms with van der Waals surface area (Å²) in [6.07, 6.45) is 1.24. The van der Waals surface area contributed by atoms with Crippen molar-refractivity contribution in [3.05, 3.63) is 57.8 Å². The number of nitrogens with zero attached hydrogens (tertiary/aromatic N) is 1. The van der Waals surface area contributed by atoms with Crippen molar-refractivity contribution < 1.29 is 18.7 Å². The average molecular weight is 357 g/mol. The Kier molecular flexibility index (Phi) is 5.33. The van der Waals surface area contributed by atoms with Crippen LogP contribution in [0.5, 0.6) is 5.75 Å². The molecule has 26 heavy (non-hydrogen) atoms. The molecule has 2 heterocycles. The molecule has 3 rings (SSSR count). The Morgan fingerprint density at radius 2 is 2.19 bits per heavy atom. The van der Waals surface area contributed by atoms with Gasteiger partial charge in [0.2, 0.25) is 5.71 Å². The van der Waals surface area contributed by atoms with Crippen molar-refractivity contribution in [3.8, 4) is 5.75 Å². The summed E-state index contributed by atoms with van der Waals surface area (Å²) in [7, 11) is 1.61. The Morgan fingerprint density at radius 3 is 3.00 bits per heavy atom. The second-order valence-electron chi connectivity index (χ2n) is 5.62. The number of hydrogen-bond acceptors (Lipinski definition) is 6. The predicted molar refractivity (Wildman–Crippen MR) is 94.3 cm³/mol. The van der Waals surface area contributed by atoms with Gasteiger partial charge in [-0.1, -0.05) is 12.1 Å². The third-order valence-electron chi connectivity index (χ3n) is 3.80. The molecule has 1 amide bonds. The van der Waals surface area contributed by atoms with Crippen LogP contribution < -0.4 is 15.6 Å². The number of benzene rings is 1. The molecule has 0 unspecified atom stereocenters. The van der Waals surface area contributed by atoms with Crippen LogP contribution in [0.2, 0.25) is 0 Å². The largest absolute Gasteiger partial charge is 0.491 e. The molecule has 8 nitrogen and oxygen atoms in total. The number of furan rings is 1. The highest BCUT2D eigenvalue weighted by Gasteiger charge is 2.21. The first kappa shape index (κ1) is 17.7. The summed E-state index contributed by atoms with van der Waals surface area (Å²) < 4.78 is 15.9. The lowest BCUT2D eigenvalue weighted by Gasteiger charge is -2.08. The number of carbonyl (C=O) groups excluding carboxylic acids is 1. The molecule has 2 N–H and O–H groups in total. The number of aryl methyl sites for hydroxylation is 1. The summed E-state index contributed by atoms with van der Waals surface area (Å²) in [6.45, 7) is 2.85. The van der Waals surface area contributed by atoms with Crippen LogP contribution >= 0.6 is 0 Å². The number of fused-ring (bicyclic) bond motifs is 1. The minimum Gasteiger partial charge on any atom is -0.491 e. The van der Waals surface area contributed by atoms with Crippen LogP contribution in [0.3, 0.4) is 0 Å². The number of carbonyl (C=O) groups is 1. The van der Waals surface area contributed by atoms with Crippen molar-refractivity contribution in [2.24, 2.45) is 0 Å². The second kappa shape index (κ2) is 7.83. The van der Waals surface area contributed by atoms with Crippen LogP contribution in [0.4, 0.5) is 0 Å². The number of methoxy groups -OCH3 is 1. The van der Waals surface area contributed by atoms with E-state index in [4.69, 9.17) is 13.9 Å². The van der Waals surface area contributed by atoms with E-state index >= 15 is 0 Å². The molecule has 0 bridgehead atoms. The lowest BCUT2D eigenvalue weighted by molar-refractivity contribution is 0.0950. The third-order valence-corrected chi connectivity index (χ3v) is 3.80. The molecule has 0 spiro atoms. The Labute approximate surface area is 149 Å². The lowest BCUT2D eigenvalue weighted by Crippen LogP contribution is -2.24. The second-order valence-corrected chi connectivity index (χ2v) is 5.62. The van der Waals surface area contributed by atoms with E-state index in [9.17, 15) is 9.59 Å². The van der Waals surface area contributed by atoms with Gasteiger partial charge in [0, 0.05) is 13.7 Å². The summed E-state index contributed by atoms with van der Waals surface area (Å²) in [6, 6.07) is 7.39. The fourth-order valence-corrected chi connectivity index (χ4v) is 2.59. The topological polar surface area (TPSA) is 106 Å². The van der Waals surface area contributed by atoms with Gasteiger partial charge in [0.15, 0.2) is 0 Å². The van der Waals surface area contributed by atoms with Crippen molar-refractivity contribution in [1.82, 2.24) is 15.3 Å². The summed E-state index contributed by atoms with van der Waals surface area (Å²) in [5, 5.41) is 2.95. The third kappa shape index (κ3) is 3.75. The Balaban J connectivity index is 1.73. The van der Waals surface area contributed by atoms with Gasteiger partial charge in [-0.2, -0.15) is 0 Å². The maximum atomic E-state index is 12.6. The smallest absolute Gasteiger partial charge is 0.262 e. The Hall–Kier alpha value is -3.13. The van der Waals surface area contributed by atoms with Crippen molar-refractivity contribution in [3.63, 3.8) is 0 Å². The molecule has 2 aromatic heterocycles. The highest BCUT2D eigenvalue weighted by atomic mass is 16.5. The van der Waals surface area contributed by atoms with Crippen molar-refractivity contribution in [1.29, 1.82) is 0 Å². The first-order valence-corrected chi connectivity index (χ1v) is 8.06. The maximum Gasteiger partial charge on any atom is 0.262 e. The number of rotatable bonds is 7. The molecule has 136 valence electrons. The molecule has 0 atom stereocenters. The van der Waals surface area contributed by atoms with Gasteiger partial charge in [-0.15, -0.1) is 0 Å². The molecule has 3 aromatic rings. The van der Waals surface area contributed by atoms with Gasteiger partial charge < -0.3 is 24.2 Å². The zero-order chi connectivity index (χ0) is 18.5. The Morgan fingerprint density at radius 1 is 1.35 bits per heavy atom. The monoisotopic (exact) mass is 357 g/mol. The number of nitrogens with one attached hydrogen (secondary N) is 2. The van der Waals surface area contributed by atoms with Crippen LogP contribution in [0.15, 0.2) is 39.8 Å². The van der Waals surface area contributed by atoms with Crippen molar-refractivity contribution in [2.45, 2.75) is 13.5 Å². The van der Waals surface area contributed by atoms with Crippen LogP contribution in [0, 0.1) is 6.92 Å². The molecule has 8 heteroatoms. The molecule has 0 saturated carbocycles. The molecular weight excluding hydrogens is 338 g/mol. The van der Waals surface area contributed by atoms with E-state index < -0.39 is 11.5 Å². The number of H-pyrrole nitrogens is 1. The van der Waals surface area contributed by atoms with E-state index in [2.05, 4.69) is 15.3 Å². The summed E-state index contributed by atoms with van der Waals surface area (Å²) in [5.74, 6) is 0.642. The van der Waals surface area contributed by atoms with E-state index in [0.717, 1.165) is 5.56 Å². The summed E-state index contributed by atoms with van der Waals surface area (Å²) in [5.41, 5.74) is 0.795. The number of ether oxygens (including phenoxy) is 2. The first-order chi connectivity index (χ1) is 12.6. The van der Waals surface area contributed by atoms with Gasteiger partial charge in [-0.25, -0.2) is 4.98 Å². The normalized spacial score (nSPS) is 10.8. The molecule has 0 radical (unpaired) electrons.